The molecular formula is C23H25ClN2O4. The van der Waals surface area contributed by atoms with Crippen molar-refractivity contribution in [1.82, 2.24) is 5.32 Å². The second-order valence-electron chi connectivity index (χ2n) is 7.00. The molecule has 158 valence electrons. The van der Waals surface area contributed by atoms with Gasteiger partial charge in [-0.2, -0.15) is 0 Å². The summed E-state index contributed by atoms with van der Waals surface area (Å²) < 4.78 is 10.8. The van der Waals surface area contributed by atoms with Crippen molar-refractivity contribution in [3.8, 4) is 11.5 Å². The monoisotopic (exact) mass is 428 g/mol. The van der Waals surface area contributed by atoms with Crippen molar-refractivity contribution in [3.05, 3.63) is 58.1 Å². The molecular weight excluding hydrogens is 404 g/mol. The Labute approximate surface area is 181 Å². The molecule has 2 aromatic carbocycles. The second-order valence-corrected chi connectivity index (χ2v) is 7.40. The Morgan fingerprint density at radius 1 is 1.30 bits per heavy atom. The second kappa shape index (κ2) is 9.67. The van der Waals surface area contributed by atoms with Crippen LogP contribution in [0.5, 0.6) is 11.5 Å². The minimum Gasteiger partial charge on any atom is -0.491 e. The van der Waals surface area contributed by atoms with Crippen LogP contribution in [0.15, 0.2) is 36.4 Å². The van der Waals surface area contributed by atoms with E-state index in [9.17, 15) is 9.59 Å². The van der Waals surface area contributed by atoms with E-state index in [-0.39, 0.29) is 17.9 Å². The van der Waals surface area contributed by atoms with Crippen LogP contribution in [0.2, 0.25) is 5.02 Å². The number of fused-ring (bicyclic) bond motifs is 1. The molecule has 6 nitrogen and oxygen atoms in total. The van der Waals surface area contributed by atoms with E-state index in [1.807, 2.05) is 32.0 Å². The third-order valence-corrected chi connectivity index (χ3v) is 5.13. The summed E-state index contributed by atoms with van der Waals surface area (Å²) in [4.78, 5) is 23.9. The molecule has 1 heterocycles. The van der Waals surface area contributed by atoms with Crippen LogP contribution >= 0.6 is 11.6 Å². The first-order valence-electron chi connectivity index (χ1n) is 9.82. The number of carbonyl (C=O) groups excluding carboxylic acids is 2. The Hall–Kier alpha value is -2.99. The first-order chi connectivity index (χ1) is 14.4. The van der Waals surface area contributed by atoms with E-state index in [0.29, 0.717) is 36.0 Å². The van der Waals surface area contributed by atoms with E-state index in [4.69, 9.17) is 21.1 Å². The summed E-state index contributed by atoms with van der Waals surface area (Å²) in [6.45, 7) is 4.27. The summed E-state index contributed by atoms with van der Waals surface area (Å²) in [6.07, 6.45) is 4.32. The number of methoxy groups -OCH3 is 1. The molecule has 7 heteroatoms. The Morgan fingerprint density at radius 2 is 2.10 bits per heavy atom. The summed E-state index contributed by atoms with van der Waals surface area (Å²) >= 11 is 6.25. The summed E-state index contributed by atoms with van der Waals surface area (Å²) in [5, 5.41) is 6.24. The van der Waals surface area contributed by atoms with Crippen LogP contribution in [0.4, 0.5) is 5.69 Å². The number of benzene rings is 2. The minimum atomic E-state index is -0.224. The molecule has 30 heavy (non-hydrogen) atoms. The van der Waals surface area contributed by atoms with Gasteiger partial charge in [0.1, 0.15) is 0 Å². The third kappa shape index (κ3) is 5.13. The molecule has 1 unspecified atom stereocenters. The van der Waals surface area contributed by atoms with Gasteiger partial charge >= 0.3 is 0 Å². The van der Waals surface area contributed by atoms with Crippen molar-refractivity contribution >= 4 is 35.2 Å². The normalized spacial score (nSPS) is 14.1. The molecule has 3 rings (SSSR count). The van der Waals surface area contributed by atoms with Crippen molar-refractivity contribution in [2.45, 2.75) is 32.7 Å². The van der Waals surface area contributed by atoms with E-state index in [2.05, 4.69) is 10.6 Å². The van der Waals surface area contributed by atoms with Gasteiger partial charge in [0.25, 0.3) is 0 Å². The van der Waals surface area contributed by atoms with Crippen molar-refractivity contribution in [3.63, 3.8) is 0 Å². The highest BCUT2D eigenvalue weighted by Crippen LogP contribution is 2.36. The average molecular weight is 429 g/mol. The maximum atomic E-state index is 12.4. The molecule has 0 aromatic heterocycles. The lowest BCUT2D eigenvalue weighted by molar-refractivity contribution is -0.117. The number of aryl methyl sites for hydroxylation is 1. The lowest BCUT2D eigenvalue weighted by Crippen LogP contribution is -2.25. The number of anilines is 1. The molecule has 2 amide bonds. The zero-order valence-electron chi connectivity index (χ0n) is 17.3. The van der Waals surface area contributed by atoms with Gasteiger partial charge in [0.15, 0.2) is 11.5 Å². The van der Waals surface area contributed by atoms with Gasteiger partial charge in [-0.1, -0.05) is 23.7 Å². The summed E-state index contributed by atoms with van der Waals surface area (Å²) in [5.74, 6) is 0.811. The highest BCUT2D eigenvalue weighted by molar-refractivity contribution is 6.32. The standard InChI is InChI=1S/C23H25ClN2O4/c1-4-30-20-12-15(11-18(24)23(20)29-3)5-9-21(27)25-14(2)16-6-8-19-17(13-16)7-10-22(28)26-19/h5-6,8-9,11-14H,4,7,10H2,1-3H3,(H,25,27)(H,26,28)/b9-5+. The fourth-order valence-corrected chi connectivity index (χ4v) is 3.63. The van der Waals surface area contributed by atoms with Crippen LogP contribution in [0.25, 0.3) is 6.08 Å². The van der Waals surface area contributed by atoms with Crippen LogP contribution in [-0.2, 0) is 16.0 Å². The van der Waals surface area contributed by atoms with Crippen LogP contribution in [0.3, 0.4) is 0 Å². The molecule has 0 fully saturated rings. The number of rotatable bonds is 7. The predicted octanol–water partition coefficient (Wildman–Crippen LogP) is 4.52. The topological polar surface area (TPSA) is 76.7 Å². The van der Waals surface area contributed by atoms with Crippen molar-refractivity contribution in [2.24, 2.45) is 0 Å². The predicted molar refractivity (Wildman–Crippen MR) is 118 cm³/mol. The zero-order valence-corrected chi connectivity index (χ0v) is 18.0. The first-order valence-corrected chi connectivity index (χ1v) is 10.2. The Balaban J connectivity index is 1.68. The van der Waals surface area contributed by atoms with Crippen LogP contribution in [0.1, 0.15) is 43.0 Å². The molecule has 1 aliphatic rings. The largest absolute Gasteiger partial charge is 0.491 e. The van der Waals surface area contributed by atoms with Gasteiger partial charge in [0.05, 0.1) is 24.8 Å². The Bertz CT molecular complexity index is 987. The molecule has 0 aliphatic carbocycles. The van der Waals surface area contributed by atoms with Crippen LogP contribution < -0.4 is 20.1 Å². The number of halogens is 1. The quantitative estimate of drug-likeness (QED) is 0.635. The molecule has 0 bridgehead atoms. The minimum absolute atomic E-state index is 0.0351. The fraction of sp³-hybridized carbons (Fsp3) is 0.304. The smallest absolute Gasteiger partial charge is 0.244 e. The fourth-order valence-electron chi connectivity index (χ4n) is 3.33. The lowest BCUT2D eigenvalue weighted by Gasteiger charge is -2.20. The SMILES string of the molecule is CCOc1cc(/C=C/C(=O)NC(C)c2ccc3c(c2)CCC(=O)N3)cc(Cl)c1OC. The Kier molecular flexibility index (Phi) is 7.00. The molecule has 0 spiro atoms. The molecule has 1 aliphatic heterocycles. The van der Waals surface area contributed by atoms with Crippen LogP contribution in [0, 0.1) is 0 Å². The van der Waals surface area contributed by atoms with Gasteiger partial charge < -0.3 is 20.1 Å². The average Bonchev–Trinajstić information content (AvgIpc) is 2.72. The molecule has 0 saturated carbocycles. The lowest BCUT2D eigenvalue weighted by atomic mass is 9.98. The molecule has 0 radical (unpaired) electrons. The third-order valence-electron chi connectivity index (χ3n) is 4.85. The number of hydrogen-bond donors (Lipinski definition) is 2. The van der Waals surface area contributed by atoms with E-state index in [1.165, 1.54) is 13.2 Å². The number of carbonyl (C=O) groups is 2. The van der Waals surface area contributed by atoms with Gasteiger partial charge in [-0.15, -0.1) is 0 Å². The van der Waals surface area contributed by atoms with Gasteiger partial charge in [-0.3, -0.25) is 9.59 Å². The maximum Gasteiger partial charge on any atom is 0.244 e. The van der Waals surface area contributed by atoms with Gasteiger partial charge in [-0.25, -0.2) is 0 Å². The van der Waals surface area contributed by atoms with Gasteiger partial charge in [0, 0.05) is 18.2 Å². The molecule has 0 saturated heterocycles. The van der Waals surface area contributed by atoms with E-state index in [0.717, 1.165) is 22.4 Å². The van der Waals surface area contributed by atoms with E-state index in [1.54, 1.807) is 18.2 Å². The highest BCUT2D eigenvalue weighted by Gasteiger charge is 2.17. The summed E-state index contributed by atoms with van der Waals surface area (Å²) in [5.41, 5.74) is 3.64. The van der Waals surface area contributed by atoms with Crippen molar-refractivity contribution < 1.29 is 19.1 Å². The Morgan fingerprint density at radius 3 is 2.83 bits per heavy atom. The van der Waals surface area contributed by atoms with Gasteiger partial charge in [0.2, 0.25) is 11.8 Å². The zero-order chi connectivity index (χ0) is 21.7. The summed E-state index contributed by atoms with van der Waals surface area (Å²) in [7, 11) is 1.53. The van der Waals surface area contributed by atoms with Gasteiger partial charge in [-0.05, 0) is 61.2 Å². The number of hydrogen-bond acceptors (Lipinski definition) is 4. The molecule has 2 aromatic rings. The first kappa shape index (κ1) is 21.7. The highest BCUT2D eigenvalue weighted by atomic mass is 35.5. The summed E-state index contributed by atoms with van der Waals surface area (Å²) in [6, 6.07) is 9.14. The van der Waals surface area contributed by atoms with Crippen molar-refractivity contribution in [1.29, 1.82) is 0 Å². The number of amides is 2. The number of nitrogens with one attached hydrogen (secondary N) is 2. The maximum absolute atomic E-state index is 12.4. The number of ether oxygens (including phenoxy) is 2. The molecule has 1 atom stereocenters. The van der Waals surface area contributed by atoms with E-state index >= 15 is 0 Å². The van der Waals surface area contributed by atoms with E-state index < -0.39 is 0 Å². The van der Waals surface area contributed by atoms with Crippen LogP contribution in [-0.4, -0.2) is 25.5 Å². The molecule has 2 N–H and O–H groups in total. The van der Waals surface area contributed by atoms with Crippen molar-refractivity contribution in [2.75, 3.05) is 19.0 Å².